The zero-order valence-electron chi connectivity index (χ0n) is 10.9. The number of nitrogens with zero attached hydrogens (tertiary/aromatic N) is 1. The van der Waals surface area contributed by atoms with E-state index in [1.807, 2.05) is 0 Å². The molecule has 1 saturated heterocycles. The molecule has 1 nitrogen and oxygen atoms in total. The second-order valence-corrected chi connectivity index (χ2v) is 5.36. The van der Waals surface area contributed by atoms with E-state index in [1.54, 1.807) is 0 Å². The van der Waals surface area contributed by atoms with Gasteiger partial charge < -0.3 is 4.90 Å². The largest absolute Gasteiger partial charge is 0.371 e. The Labute approximate surface area is 110 Å². The molecule has 0 atom stereocenters. The molecule has 0 aliphatic carbocycles. The molecule has 1 fully saturated rings. The smallest absolute Gasteiger partial charge is 0.0474 e. The van der Waals surface area contributed by atoms with Crippen LogP contribution in [0.4, 0.5) is 5.69 Å². The monoisotopic (exact) mass is 251 g/mol. The maximum atomic E-state index is 5.86. The average Bonchev–Trinajstić information content (AvgIpc) is 2.39. The van der Waals surface area contributed by atoms with Crippen molar-refractivity contribution < 1.29 is 0 Å². The summed E-state index contributed by atoms with van der Waals surface area (Å²) in [4.78, 5) is 2.53. The van der Waals surface area contributed by atoms with Gasteiger partial charge in [-0.2, -0.15) is 0 Å². The van der Waals surface area contributed by atoms with E-state index in [4.69, 9.17) is 11.6 Å². The molecule has 94 valence electrons. The van der Waals surface area contributed by atoms with E-state index in [-0.39, 0.29) is 0 Å². The number of anilines is 1. The Balaban J connectivity index is 2.08. The Morgan fingerprint density at radius 2 is 2.00 bits per heavy atom. The lowest BCUT2D eigenvalue weighted by molar-refractivity contribution is 0.395. The van der Waals surface area contributed by atoms with Crippen LogP contribution < -0.4 is 4.90 Å². The molecule has 1 heterocycles. The maximum absolute atomic E-state index is 5.86. The van der Waals surface area contributed by atoms with Gasteiger partial charge in [0.25, 0.3) is 0 Å². The molecule has 0 unspecified atom stereocenters. The van der Waals surface area contributed by atoms with E-state index < -0.39 is 0 Å². The molecule has 1 aliphatic rings. The third kappa shape index (κ3) is 2.95. The van der Waals surface area contributed by atoms with Crippen LogP contribution in [0, 0.1) is 12.8 Å². The van der Waals surface area contributed by atoms with Crippen LogP contribution in [0.25, 0.3) is 0 Å². The zero-order valence-corrected chi connectivity index (χ0v) is 11.6. The van der Waals surface area contributed by atoms with Crippen molar-refractivity contribution in [2.75, 3.05) is 18.0 Å². The third-order valence-corrected chi connectivity index (χ3v) is 4.26. The number of benzene rings is 1. The Morgan fingerprint density at radius 1 is 1.29 bits per heavy atom. The molecule has 0 radical (unpaired) electrons. The molecule has 0 spiro atoms. The van der Waals surface area contributed by atoms with E-state index in [0.29, 0.717) is 5.88 Å². The minimum absolute atomic E-state index is 0.610. The average molecular weight is 252 g/mol. The standard InChI is InChI=1S/C15H22ClN/c1-3-13-6-8-17(9-7-13)15-5-4-14(11-16)10-12(15)2/h4-5,10,13H,3,6-9,11H2,1-2H3. The molecular weight excluding hydrogens is 230 g/mol. The number of aryl methyl sites for hydroxylation is 1. The lowest BCUT2D eigenvalue weighted by Crippen LogP contribution is -2.33. The van der Waals surface area contributed by atoms with Crippen molar-refractivity contribution >= 4 is 17.3 Å². The van der Waals surface area contributed by atoms with E-state index in [1.165, 1.54) is 49.2 Å². The van der Waals surface area contributed by atoms with E-state index in [9.17, 15) is 0 Å². The minimum atomic E-state index is 0.610. The second-order valence-electron chi connectivity index (χ2n) is 5.09. The topological polar surface area (TPSA) is 3.24 Å². The molecule has 1 aromatic carbocycles. The summed E-state index contributed by atoms with van der Waals surface area (Å²) in [6, 6.07) is 6.61. The minimum Gasteiger partial charge on any atom is -0.371 e. The summed E-state index contributed by atoms with van der Waals surface area (Å²) in [7, 11) is 0. The van der Waals surface area contributed by atoms with Gasteiger partial charge in [-0.05, 0) is 42.9 Å². The van der Waals surface area contributed by atoms with Crippen LogP contribution in [0.15, 0.2) is 18.2 Å². The van der Waals surface area contributed by atoms with Gasteiger partial charge in [0.05, 0.1) is 0 Å². The summed E-state index contributed by atoms with van der Waals surface area (Å²) in [6.45, 7) is 6.91. The first-order valence-corrected chi connectivity index (χ1v) is 7.18. The van der Waals surface area contributed by atoms with E-state index >= 15 is 0 Å². The lowest BCUT2D eigenvalue weighted by atomic mass is 9.93. The molecule has 2 heteroatoms. The predicted molar refractivity (Wildman–Crippen MR) is 76.0 cm³/mol. The Hall–Kier alpha value is -0.690. The highest BCUT2D eigenvalue weighted by atomic mass is 35.5. The quantitative estimate of drug-likeness (QED) is 0.722. The Kier molecular flexibility index (Phi) is 4.33. The van der Waals surface area contributed by atoms with Crippen molar-refractivity contribution in [1.29, 1.82) is 0 Å². The summed E-state index contributed by atoms with van der Waals surface area (Å²) in [5.74, 6) is 1.55. The van der Waals surface area contributed by atoms with E-state index in [0.717, 1.165) is 5.92 Å². The molecular formula is C15H22ClN. The first-order chi connectivity index (χ1) is 8.24. The summed E-state index contributed by atoms with van der Waals surface area (Å²) in [6.07, 6.45) is 4.01. The Bertz CT molecular complexity index is 367. The van der Waals surface area contributed by atoms with Gasteiger partial charge in [-0.1, -0.05) is 25.5 Å². The fraction of sp³-hybridized carbons (Fsp3) is 0.600. The van der Waals surface area contributed by atoms with Crippen LogP contribution in [0.1, 0.15) is 37.3 Å². The van der Waals surface area contributed by atoms with Crippen molar-refractivity contribution in [3.05, 3.63) is 29.3 Å². The highest BCUT2D eigenvalue weighted by molar-refractivity contribution is 6.17. The zero-order chi connectivity index (χ0) is 12.3. The van der Waals surface area contributed by atoms with Gasteiger partial charge >= 0.3 is 0 Å². The molecule has 0 bridgehead atoms. The van der Waals surface area contributed by atoms with Crippen LogP contribution in [0.5, 0.6) is 0 Å². The van der Waals surface area contributed by atoms with Gasteiger partial charge in [0, 0.05) is 24.7 Å². The number of halogens is 1. The summed E-state index contributed by atoms with van der Waals surface area (Å²) in [5.41, 5.74) is 3.97. The Morgan fingerprint density at radius 3 is 2.53 bits per heavy atom. The van der Waals surface area contributed by atoms with Crippen LogP contribution in [-0.4, -0.2) is 13.1 Å². The number of alkyl halides is 1. The number of rotatable bonds is 3. The first kappa shape index (κ1) is 12.8. The van der Waals surface area contributed by atoms with Crippen molar-refractivity contribution in [3.63, 3.8) is 0 Å². The lowest BCUT2D eigenvalue weighted by Gasteiger charge is -2.34. The van der Waals surface area contributed by atoms with Gasteiger partial charge in [0.1, 0.15) is 0 Å². The highest BCUT2D eigenvalue weighted by Gasteiger charge is 2.18. The predicted octanol–water partition coefficient (Wildman–Crippen LogP) is 4.36. The number of hydrogen-bond acceptors (Lipinski definition) is 1. The van der Waals surface area contributed by atoms with E-state index in [2.05, 4.69) is 36.9 Å². The fourth-order valence-electron chi connectivity index (χ4n) is 2.74. The molecule has 0 amide bonds. The summed E-state index contributed by atoms with van der Waals surface area (Å²) in [5, 5.41) is 0. The van der Waals surface area contributed by atoms with Gasteiger partial charge in [-0.25, -0.2) is 0 Å². The maximum Gasteiger partial charge on any atom is 0.0474 e. The first-order valence-electron chi connectivity index (χ1n) is 6.65. The van der Waals surface area contributed by atoms with Crippen molar-refractivity contribution in [2.24, 2.45) is 5.92 Å². The second kappa shape index (κ2) is 5.77. The van der Waals surface area contributed by atoms with Crippen LogP contribution >= 0.6 is 11.6 Å². The normalized spacial score (nSPS) is 17.5. The molecule has 0 saturated carbocycles. The fourth-order valence-corrected chi connectivity index (χ4v) is 2.90. The molecule has 1 aromatic rings. The van der Waals surface area contributed by atoms with Gasteiger partial charge in [0.2, 0.25) is 0 Å². The highest BCUT2D eigenvalue weighted by Crippen LogP contribution is 2.28. The van der Waals surface area contributed by atoms with Crippen LogP contribution in [0.2, 0.25) is 0 Å². The molecule has 1 aliphatic heterocycles. The van der Waals surface area contributed by atoms with Crippen LogP contribution in [-0.2, 0) is 5.88 Å². The number of piperidine rings is 1. The molecule has 2 rings (SSSR count). The van der Waals surface area contributed by atoms with Crippen LogP contribution in [0.3, 0.4) is 0 Å². The van der Waals surface area contributed by atoms with Crippen molar-refractivity contribution in [2.45, 2.75) is 39.0 Å². The van der Waals surface area contributed by atoms with Gasteiger partial charge in [-0.15, -0.1) is 11.6 Å². The SMILES string of the molecule is CCC1CCN(c2ccc(CCl)cc2C)CC1. The molecule has 0 aromatic heterocycles. The van der Waals surface area contributed by atoms with Gasteiger partial charge in [-0.3, -0.25) is 0 Å². The van der Waals surface area contributed by atoms with Crippen molar-refractivity contribution in [1.82, 2.24) is 0 Å². The molecule has 0 N–H and O–H groups in total. The summed E-state index contributed by atoms with van der Waals surface area (Å²) < 4.78 is 0. The summed E-state index contributed by atoms with van der Waals surface area (Å²) >= 11 is 5.86. The number of hydrogen-bond donors (Lipinski definition) is 0. The molecule has 17 heavy (non-hydrogen) atoms. The van der Waals surface area contributed by atoms with Gasteiger partial charge in [0.15, 0.2) is 0 Å². The van der Waals surface area contributed by atoms with Crippen molar-refractivity contribution in [3.8, 4) is 0 Å². The third-order valence-electron chi connectivity index (χ3n) is 3.95.